The van der Waals surface area contributed by atoms with E-state index in [1.165, 1.54) is 167 Å². The fraction of sp³-hybridized carbons (Fsp3) is 0.956. The van der Waals surface area contributed by atoms with Crippen molar-refractivity contribution in [3.8, 4) is 0 Å². The van der Waals surface area contributed by atoms with E-state index in [1.807, 2.05) is 0 Å². The molecule has 0 aliphatic carbocycles. The first-order valence-electron chi connectivity index (χ1n) is 23.3. The molecule has 7 nitrogen and oxygen atoms in total. The van der Waals surface area contributed by atoms with Gasteiger partial charge in [0.2, 0.25) is 11.8 Å². The summed E-state index contributed by atoms with van der Waals surface area (Å²) in [4.78, 5) is 26.8. The number of rotatable bonds is 44. The van der Waals surface area contributed by atoms with E-state index in [0.29, 0.717) is 19.4 Å². The average molecular weight is 736 g/mol. The van der Waals surface area contributed by atoms with E-state index in [4.69, 9.17) is 5.73 Å². The molecule has 0 bridgehead atoms. The summed E-state index contributed by atoms with van der Waals surface area (Å²) in [7, 11) is 0. The van der Waals surface area contributed by atoms with E-state index in [2.05, 4.69) is 34.7 Å². The van der Waals surface area contributed by atoms with E-state index in [1.54, 1.807) is 0 Å². The van der Waals surface area contributed by atoms with Crippen LogP contribution >= 0.6 is 0 Å². The van der Waals surface area contributed by atoms with Crippen molar-refractivity contribution in [1.82, 2.24) is 20.9 Å². The molecule has 0 rings (SSSR count). The molecule has 0 atom stereocenters. The maximum absolute atomic E-state index is 12.4. The molecule has 0 radical (unpaired) electrons. The van der Waals surface area contributed by atoms with Crippen molar-refractivity contribution < 1.29 is 9.59 Å². The first kappa shape index (κ1) is 50.8. The fourth-order valence-corrected chi connectivity index (χ4v) is 7.12. The minimum Gasteiger partial charge on any atom is -0.356 e. The van der Waals surface area contributed by atoms with Gasteiger partial charge in [-0.2, -0.15) is 0 Å². The topological polar surface area (TPSA) is 99.5 Å². The molecule has 2 amide bonds. The lowest BCUT2D eigenvalue weighted by atomic mass is 10.0. The van der Waals surface area contributed by atoms with Crippen LogP contribution in [0.5, 0.6) is 0 Å². The van der Waals surface area contributed by atoms with Crippen molar-refractivity contribution in [2.45, 2.75) is 226 Å². The van der Waals surface area contributed by atoms with Crippen molar-refractivity contribution in [1.29, 1.82) is 0 Å². The highest BCUT2D eigenvalue weighted by atomic mass is 16.2. The number of carbonyl (C=O) groups excluding carboxylic acids is 2. The Morgan fingerprint density at radius 1 is 0.385 bits per heavy atom. The first-order valence-corrected chi connectivity index (χ1v) is 23.3. The van der Waals surface area contributed by atoms with E-state index in [9.17, 15) is 9.59 Å². The van der Waals surface area contributed by atoms with Crippen LogP contribution in [0.4, 0.5) is 0 Å². The first-order chi connectivity index (χ1) is 25.6. The molecule has 7 heteroatoms. The third kappa shape index (κ3) is 41.6. The van der Waals surface area contributed by atoms with Crippen molar-refractivity contribution in [2.24, 2.45) is 5.73 Å². The van der Waals surface area contributed by atoms with Crippen LogP contribution < -0.4 is 21.7 Å². The van der Waals surface area contributed by atoms with Crippen molar-refractivity contribution in [3.05, 3.63) is 0 Å². The minimum atomic E-state index is 0.160. The predicted molar refractivity (Wildman–Crippen MR) is 228 cm³/mol. The van der Waals surface area contributed by atoms with E-state index < -0.39 is 0 Å². The molecule has 0 spiro atoms. The molecule has 52 heavy (non-hydrogen) atoms. The van der Waals surface area contributed by atoms with Crippen molar-refractivity contribution in [3.63, 3.8) is 0 Å². The summed E-state index contributed by atoms with van der Waals surface area (Å²) in [6.07, 6.45) is 42.3. The number of nitrogens with two attached hydrogens (primary N) is 1. The van der Waals surface area contributed by atoms with Crippen LogP contribution in [0.3, 0.4) is 0 Å². The molecule has 0 aliphatic rings. The molecule has 0 fully saturated rings. The molecule has 0 aliphatic heterocycles. The third-order valence-corrected chi connectivity index (χ3v) is 10.7. The van der Waals surface area contributed by atoms with Crippen LogP contribution in [0.1, 0.15) is 226 Å². The Bertz CT molecular complexity index is 722. The van der Waals surface area contributed by atoms with E-state index >= 15 is 0 Å². The van der Waals surface area contributed by atoms with Crippen LogP contribution in [0.2, 0.25) is 0 Å². The molecule has 0 aromatic rings. The van der Waals surface area contributed by atoms with Gasteiger partial charge >= 0.3 is 0 Å². The second kappa shape index (κ2) is 44.2. The number of carbonyl (C=O) groups is 2. The number of nitrogens with zero attached hydrogens (tertiary/aromatic N) is 1. The highest BCUT2D eigenvalue weighted by Gasteiger charge is 2.08. The molecule has 0 unspecified atom stereocenters. The van der Waals surface area contributed by atoms with Crippen LogP contribution in [0.25, 0.3) is 0 Å². The van der Waals surface area contributed by atoms with Crippen LogP contribution in [-0.2, 0) is 9.59 Å². The standard InChI is InChI=1S/C45H93N5O2/c1-3-5-7-9-11-13-15-17-19-21-23-25-27-32-38-48-44(51)34-30-29-31-37-47-40-43-50(42-36-46)41-35-45(52)49-39-33-28-26-24-22-20-18-16-14-12-10-8-6-4-2/h47H,3-43,46H2,1-2H3,(H,48,51)(H,49,52). The van der Waals surface area contributed by atoms with Crippen molar-refractivity contribution >= 4 is 11.8 Å². The van der Waals surface area contributed by atoms with Gasteiger partial charge in [0.25, 0.3) is 0 Å². The Morgan fingerprint density at radius 3 is 1.13 bits per heavy atom. The zero-order chi connectivity index (χ0) is 37.8. The molecule has 310 valence electrons. The van der Waals surface area contributed by atoms with E-state index in [-0.39, 0.29) is 11.8 Å². The van der Waals surface area contributed by atoms with Gasteiger partial charge in [-0.3, -0.25) is 9.59 Å². The SMILES string of the molecule is CCCCCCCCCCCCCCCCNC(=O)CCCCCNCCN(CCN)CCC(=O)NCCCCCCCCCCCCCCCC. The maximum Gasteiger partial charge on any atom is 0.221 e. The van der Waals surface area contributed by atoms with E-state index in [0.717, 1.165) is 77.9 Å². The number of unbranched alkanes of at least 4 members (excludes halogenated alkanes) is 28. The fourth-order valence-electron chi connectivity index (χ4n) is 7.12. The largest absolute Gasteiger partial charge is 0.356 e. The Morgan fingerprint density at radius 2 is 0.731 bits per heavy atom. The summed E-state index contributed by atoms with van der Waals surface area (Å²) < 4.78 is 0. The van der Waals surface area contributed by atoms with Gasteiger partial charge in [-0.25, -0.2) is 0 Å². The van der Waals surface area contributed by atoms with Crippen LogP contribution in [0.15, 0.2) is 0 Å². The van der Waals surface area contributed by atoms with Gasteiger partial charge in [0.05, 0.1) is 0 Å². The second-order valence-electron chi connectivity index (χ2n) is 15.8. The minimum absolute atomic E-state index is 0.160. The number of hydrogen-bond donors (Lipinski definition) is 4. The molecule has 0 saturated heterocycles. The highest BCUT2D eigenvalue weighted by Crippen LogP contribution is 2.14. The molecule has 0 heterocycles. The quantitative estimate of drug-likeness (QED) is 0.0467. The normalized spacial score (nSPS) is 11.5. The second-order valence-corrected chi connectivity index (χ2v) is 15.8. The summed E-state index contributed by atoms with van der Waals surface area (Å²) in [6.45, 7) is 11.2. The Kier molecular flexibility index (Phi) is 43.2. The lowest BCUT2D eigenvalue weighted by molar-refractivity contribution is -0.122. The lowest BCUT2D eigenvalue weighted by Crippen LogP contribution is -2.38. The molecule has 0 saturated carbocycles. The van der Waals surface area contributed by atoms with Gasteiger partial charge in [0.1, 0.15) is 0 Å². The monoisotopic (exact) mass is 736 g/mol. The summed E-state index contributed by atoms with van der Waals surface area (Å²) in [5.41, 5.74) is 5.84. The van der Waals surface area contributed by atoms with Gasteiger partial charge in [0, 0.05) is 58.7 Å². The van der Waals surface area contributed by atoms with Gasteiger partial charge in [0.15, 0.2) is 0 Å². The molecular formula is C45H93N5O2. The highest BCUT2D eigenvalue weighted by molar-refractivity contribution is 5.76. The lowest BCUT2D eigenvalue weighted by Gasteiger charge is -2.21. The van der Waals surface area contributed by atoms with Gasteiger partial charge in [-0.15, -0.1) is 0 Å². The van der Waals surface area contributed by atoms with Gasteiger partial charge in [-0.05, 0) is 32.2 Å². The zero-order valence-corrected chi connectivity index (χ0v) is 35.3. The number of hydrogen-bond acceptors (Lipinski definition) is 5. The summed E-state index contributed by atoms with van der Waals surface area (Å²) in [5.74, 6) is 0.372. The summed E-state index contributed by atoms with van der Waals surface area (Å²) in [5, 5.41) is 9.77. The molecule has 0 aromatic carbocycles. The van der Waals surface area contributed by atoms with Crippen LogP contribution in [0, 0.1) is 0 Å². The summed E-state index contributed by atoms with van der Waals surface area (Å²) in [6, 6.07) is 0. The van der Waals surface area contributed by atoms with Gasteiger partial charge in [-0.1, -0.05) is 187 Å². The predicted octanol–water partition coefficient (Wildman–Crippen LogP) is 11.0. The Labute approximate surface area is 325 Å². The summed E-state index contributed by atoms with van der Waals surface area (Å²) >= 11 is 0. The third-order valence-electron chi connectivity index (χ3n) is 10.7. The maximum atomic E-state index is 12.4. The molecule has 5 N–H and O–H groups in total. The molecule has 0 aromatic heterocycles. The van der Waals surface area contributed by atoms with Gasteiger partial charge < -0.3 is 26.6 Å². The molecular weight excluding hydrogens is 643 g/mol. The smallest absolute Gasteiger partial charge is 0.221 e. The average Bonchev–Trinajstić information content (AvgIpc) is 3.14. The van der Waals surface area contributed by atoms with Crippen LogP contribution in [-0.4, -0.2) is 69.1 Å². The van der Waals surface area contributed by atoms with Crippen molar-refractivity contribution in [2.75, 3.05) is 52.4 Å². The Hall–Kier alpha value is -1.18. The number of amides is 2. The number of nitrogens with one attached hydrogen (secondary N) is 3. The zero-order valence-electron chi connectivity index (χ0n) is 35.3. The Balaban J connectivity index is 3.50.